The molecule has 0 aliphatic carbocycles. The van der Waals surface area contributed by atoms with Gasteiger partial charge in [0.25, 0.3) is 0 Å². The van der Waals surface area contributed by atoms with Gasteiger partial charge in [-0.15, -0.1) is 11.6 Å². The number of hydrogen-bond donors (Lipinski definition) is 0. The van der Waals surface area contributed by atoms with Crippen LogP contribution in [-0.2, 0) is 9.63 Å². The molecule has 11 heavy (non-hydrogen) atoms. The Balaban J connectivity index is 3.63. The van der Waals surface area contributed by atoms with Crippen molar-refractivity contribution >= 4 is 34.3 Å². The van der Waals surface area contributed by atoms with Crippen LogP contribution in [0.25, 0.3) is 0 Å². The highest BCUT2D eigenvalue weighted by molar-refractivity contribution is 6.65. The van der Waals surface area contributed by atoms with Crippen LogP contribution in [0.15, 0.2) is 5.16 Å². The van der Waals surface area contributed by atoms with Crippen molar-refractivity contribution in [2.24, 2.45) is 5.16 Å². The summed E-state index contributed by atoms with van der Waals surface area (Å²) in [5, 5.41) is 3.62. The molecule has 64 valence electrons. The maximum Gasteiger partial charge on any atom is 0.349 e. The fourth-order valence-electron chi connectivity index (χ4n) is 0.377. The molecule has 0 heterocycles. The Kier molecular flexibility index (Phi) is 6.27. The van der Waals surface area contributed by atoms with Crippen molar-refractivity contribution in [2.45, 2.75) is 19.8 Å². The fraction of sp³-hybridized carbons (Fsp3) is 0.667. The number of rotatable bonds is 4. The van der Waals surface area contributed by atoms with E-state index in [-0.39, 0.29) is 11.1 Å². The van der Waals surface area contributed by atoms with Gasteiger partial charge >= 0.3 is 5.97 Å². The van der Waals surface area contributed by atoms with Crippen LogP contribution in [0.2, 0.25) is 0 Å². The minimum absolute atomic E-state index is 0.209. The van der Waals surface area contributed by atoms with Gasteiger partial charge in [0.05, 0.1) is 0 Å². The number of alkyl halides is 1. The van der Waals surface area contributed by atoms with E-state index in [0.717, 1.165) is 6.42 Å². The van der Waals surface area contributed by atoms with Crippen LogP contribution in [-0.4, -0.2) is 17.0 Å². The number of halogens is 2. The van der Waals surface area contributed by atoms with Gasteiger partial charge in [-0.2, -0.15) is 0 Å². The van der Waals surface area contributed by atoms with Gasteiger partial charge in [-0.05, 0) is 6.42 Å². The van der Waals surface area contributed by atoms with E-state index in [1.165, 1.54) is 0 Å². The second-order valence-corrected chi connectivity index (χ2v) is 2.52. The minimum atomic E-state index is -0.596. The van der Waals surface area contributed by atoms with Crippen LogP contribution in [0, 0.1) is 0 Å². The lowest BCUT2D eigenvalue weighted by Gasteiger charge is -1.93. The summed E-state index contributed by atoms with van der Waals surface area (Å²) in [5.74, 6) is -0.805. The SMILES string of the molecule is CCCC(Cl)=NOC(=O)CCl. The van der Waals surface area contributed by atoms with Crippen molar-refractivity contribution in [3.05, 3.63) is 0 Å². The predicted molar refractivity (Wildman–Crippen MR) is 45.0 cm³/mol. The Morgan fingerprint density at radius 3 is 2.73 bits per heavy atom. The average molecular weight is 198 g/mol. The molecule has 0 N–H and O–H groups in total. The summed E-state index contributed by atoms with van der Waals surface area (Å²) in [6.45, 7) is 1.95. The molecule has 0 aliphatic rings. The third-order valence-electron chi connectivity index (χ3n) is 0.812. The lowest BCUT2D eigenvalue weighted by Crippen LogP contribution is -2.02. The first-order chi connectivity index (χ1) is 5.20. The zero-order valence-electron chi connectivity index (χ0n) is 6.14. The van der Waals surface area contributed by atoms with Crippen LogP contribution >= 0.6 is 23.2 Å². The lowest BCUT2D eigenvalue weighted by atomic mass is 10.4. The average Bonchev–Trinajstić information content (AvgIpc) is 2.01. The smallest absolute Gasteiger partial charge is 0.316 e. The molecule has 0 saturated carbocycles. The number of nitrogens with zero attached hydrogens (tertiary/aromatic N) is 1. The molecule has 0 amide bonds. The quantitative estimate of drug-likeness (QED) is 0.300. The van der Waals surface area contributed by atoms with Crippen molar-refractivity contribution in [3.8, 4) is 0 Å². The largest absolute Gasteiger partial charge is 0.349 e. The normalized spacial score (nSPS) is 11.4. The van der Waals surface area contributed by atoms with E-state index in [0.29, 0.717) is 6.42 Å². The molecule has 0 saturated heterocycles. The summed E-state index contributed by atoms with van der Waals surface area (Å²) < 4.78 is 0. The lowest BCUT2D eigenvalue weighted by molar-refractivity contribution is -0.140. The highest BCUT2D eigenvalue weighted by Gasteiger charge is 1.99. The standard InChI is InChI=1S/C6H9Cl2NO2/c1-2-3-5(8)9-11-6(10)4-7/h2-4H2,1H3. The summed E-state index contributed by atoms with van der Waals surface area (Å²) in [4.78, 5) is 14.7. The first-order valence-corrected chi connectivity index (χ1v) is 4.10. The van der Waals surface area contributed by atoms with Gasteiger partial charge in [-0.25, -0.2) is 4.79 Å². The molecule has 0 rings (SSSR count). The third-order valence-corrected chi connectivity index (χ3v) is 1.29. The second-order valence-electron chi connectivity index (χ2n) is 1.81. The molecule has 0 spiro atoms. The number of oxime groups is 1. The topological polar surface area (TPSA) is 38.7 Å². The van der Waals surface area contributed by atoms with E-state index in [1.807, 2.05) is 6.92 Å². The first-order valence-electron chi connectivity index (χ1n) is 3.18. The van der Waals surface area contributed by atoms with Gasteiger partial charge in [-0.3, -0.25) is 0 Å². The van der Waals surface area contributed by atoms with Gasteiger partial charge in [0, 0.05) is 6.42 Å². The van der Waals surface area contributed by atoms with Crippen molar-refractivity contribution < 1.29 is 9.63 Å². The zero-order valence-corrected chi connectivity index (χ0v) is 7.65. The van der Waals surface area contributed by atoms with Gasteiger partial charge in [0.15, 0.2) is 0 Å². The maximum atomic E-state index is 10.4. The van der Waals surface area contributed by atoms with Crippen molar-refractivity contribution in [2.75, 3.05) is 5.88 Å². The van der Waals surface area contributed by atoms with E-state index in [2.05, 4.69) is 9.99 Å². The minimum Gasteiger partial charge on any atom is -0.316 e. The van der Waals surface area contributed by atoms with E-state index < -0.39 is 5.97 Å². The van der Waals surface area contributed by atoms with E-state index in [9.17, 15) is 4.79 Å². The maximum absolute atomic E-state index is 10.4. The fourth-order valence-corrected chi connectivity index (χ4v) is 0.649. The zero-order chi connectivity index (χ0) is 8.69. The Labute approximate surface area is 75.3 Å². The Morgan fingerprint density at radius 2 is 2.27 bits per heavy atom. The van der Waals surface area contributed by atoms with E-state index in [4.69, 9.17) is 23.2 Å². The van der Waals surface area contributed by atoms with Crippen molar-refractivity contribution in [1.82, 2.24) is 0 Å². The number of hydrogen-bond acceptors (Lipinski definition) is 3. The molecule has 0 bridgehead atoms. The van der Waals surface area contributed by atoms with Crippen LogP contribution < -0.4 is 0 Å². The molecule has 5 heteroatoms. The van der Waals surface area contributed by atoms with Gasteiger partial charge in [0.2, 0.25) is 0 Å². The summed E-state index contributed by atoms with van der Waals surface area (Å²) in [5.41, 5.74) is 0. The summed E-state index contributed by atoms with van der Waals surface area (Å²) >= 11 is 10.6. The summed E-state index contributed by atoms with van der Waals surface area (Å²) in [6.07, 6.45) is 1.47. The first kappa shape index (κ1) is 10.7. The van der Waals surface area contributed by atoms with Crippen molar-refractivity contribution in [3.63, 3.8) is 0 Å². The molecular formula is C6H9Cl2NO2. The second kappa shape index (κ2) is 6.43. The van der Waals surface area contributed by atoms with Gasteiger partial charge in [0.1, 0.15) is 11.1 Å². The number of carbonyl (C=O) groups excluding carboxylic acids is 1. The van der Waals surface area contributed by atoms with Crippen LogP contribution in [0.3, 0.4) is 0 Å². The monoisotopic (exact) mass is 197 g/mol. The highest BCUT2D eigenvalue weighted by atomic mass is 35.5. The Morgan fingerprint density at radius 1 is 1.64 bits per heavy atom. The third kappa shape index (κ3) is 6.13. The van der Waals surface area contributed by atoms with Gasteiger partial charge < -0.3 is 4.84 Å². The molecule has 0 unspecified atom stereocenters. The Bertz CT molecular complexity index is 159. The highest BCUT2D eigenvalue weighted by Crippen LogP contribution is 1.97. The molecule has 0 aliphatic heterocycles. The molecule has 0 fully saturated rings. The molecule has 0 radical (unpaired) electrons. The van der Waals surface area contributed by atoms with Crippen LogP contribution in [0.1, 0.15) is 19.8 Å². The number of carbonyl (C=O) groups is 1. The molecule has 0 aromatic rings. The molecule has 0 atom stereocenters. The molecule has 3 nitrogen and oxygen atoms in total. The van der Waals surface area contributed by atoms with Crippen LogP contribution in [0.5, 0.6) is 0 Å². The van der Waals surface area contributed by atoms with E-state index in [1.54, 1.807) is 0 Å². The van der Waals surface area contributed by atoms with Crippen LogP contribution in [0.4, 0.5) is 0 Å². The Hall–Kier alpha value is -0.280. The molecular weight excluding hydrogens is 189 g/mol. The van der Waals surface area contributed by atoms with Crippen molar-refractivity contribution in [1.29, 1.82) is 0 Å². The molecule has 0 aromatic carbocycles. The summed E-state index contributed by atoms with van der Waals surface area (Å²) in [7, 11) is 0. The predicted octanol–water partition coefficient (Wildman–Crippen LogP) is 2.12. The van der Waals surface area contributed by atoms with Gasteiger partial charge in [-0.1, -0.05) is 23.7 Å². The van der Waals surface area contributed by atoms with E-state index >= 15 is 0 Å². The summed E-state index contributed by atoms with van der Waals surface area (Å²) in [6, 6.07) is 0. The molecule has 0 aromatic heterocycles.